The zero-order valence-electron chi connectivity index (χ0n) is 11.0. The Kier molecular flexibility index (Phi) is 4.02. The van der Waals surface area contributed by atoms with Crippen LogP contribution in [-0.2, 0) is 0 Å². The Balaban J connectivity index is 2.05. The molecule has 94 valence electrons. The van der Waals surface area contributed by atoms with E-state index in [0.29, 0.717) is 6.04 Å². The van der Waals surface area contributed by atoms with Gasteiger partial charge >= 0.3 is 0 Å². The highest BCUT2D eigenvalue weighted by Gasteiger charge is 2.20. The maximum atomic E-state index is 5.28. The minimum atomic E-state index is 0.471. The van der Waals surface area contributed by atoms with Gasteiger partial charge in [0.2, 0.25) is 0 Å². The Morgan fingerprint density at radius 3 is 2.53 bits per heavy atom. The first-order valence-electron chi connectivity index (χ1n) is 6.27. The molecule has 0 N–H and O–H groups in total. The first-order valence-corrected chi connectivity index (χ1v) is 6.27. The summed E-state index contributed by atoms with van der Waals surface area (Å²) in [6, 6.07) is 8.87. The van der Waals surface area contributed by atoms with E-state index in [9.17, 15) is 0 Å². The van der Waals surface area contributed by atoms with Gasteiger partial charge in [-0.2, -0.15) is 0 Å². The number of ether oxygens (including phenoxy) is 1. The van der Waals surface area contributed by atoms with E-state index in [0.717, 1.165) is 31.9 Å². The van der Waals surface area contributed by atoms with Crippen LogP contribution in [-0.4, -0.2) is 50.1 Å². The van der Waals surface area contributed by atoms with Gasteiger partial charge in [0.15, 0.2) is 0 Å². The quantitative estimate of drug-likeness (QED) is 0.795. The minimum Gasteiger partial charge on any atom is -0.497 e. The number of hydrogen-bond acceptors (Lipinski definition) is 3. The van der Waals surface area contributed by atoms with Crippen molar-refractivity contribution in [2.24, 2.45) is 0 Å². The van der Waals surface area contributed by atoms with Crippen molar-refractivity contribution < 1.29 is 4.74 Å². The van der Waals surface area contributed by atoms with Crippen LogP contribution in [0.3, 0.4) is 0 Å². The Morgan fingerprint density at radius 1 is 1.18 bits per heavy atom. The van der Waals surface area contributed by atoms with Crippen LogP contribution in [0.1, 0.15) is 18.5 Å². The topological polar surface area (TPSA) is 15.7 Å². The average molecular weight is 234 g/mol. The van der Waals surface area contributed by atoms with Crippen LogP contribution in [0.25, 0.3) is 0 Å². The number of nitrogens with zero attached hydrogens (tertiary/aromatic N) is 2. The molecule has 1 aromatic carbocycles. The molecule has 0 radical (unpaired) electrons. The summed E-state index contributed by atoms with van der Waals surface area (Å²) in [5, 5.41) is 0. The molecule has 3 nitrogen and oxygen atoms in total. The van der Waals surface area contributed by atoms with Gasteiger partial charge in [-0.05, 0) is 31.7 Å². The SMILES string of the molecule is COc1cccc(C(C)N2CCN(C)CC2)c1. The molecule has 0 amide bonds. The van der Waals surface area contributed by atoms with Crippen molar-refractivity contribution in [3.8, 4) is 5.75 Å². The number of likely N-dealkylation sites (N-methyl/N-ethyl adjacent to an activating group) is 1. The summed E-state index contributed by atoms with van der Waals surface area (Å²) in [6.45, 7) is 6.90. The molecule has 1 heterocycles. The largest absolute Gasteiger partial charge is 0.497 e. The van der Waals surface area contributed by atoms with Gasteiger partial charge in [-0.25, -0.2) is 0 Å². The standard InChI is InChI=1S/C14H22N2O/c1-12(16-9-7-15(2)8-10-16)13-5-4-6-14(11-13)17-3/h4-6,11-12H,7-10H2,1-3H3. The van der Waals surface area contributed by atoms with Crippen LogP contribution in [0.4, 0.5) is 0 Å². The minimum absolute atomic E-state index is 0.471. The lowest BCUT2D eigenvalue weighted by Gasteiger charge is -2.36. The van der Waals surface area contributed by atoms with Gasteiger partial charge in [-0.1, -0.05) is 12.1 Å². The highest BCUT2D eigenvalue weighted by Crippen LogP contribution is 2.24. The molecular weight excluding hydrogens is 212 g/mol. The highest BCUT2D eigenvalue weighted by molar-refractivity contribution is 5.30. The molecule has 0 aliphatic carbocycles. The molecule has 3 heteroatoms. The van der Waals surface area contributed by atoms with Crippen molar-refractivity contribution in [1.82, 2.24) is 9.80 Å². The van der Waals surface area contributed by atoms with Crippen LogP contribution in [0.2, 0.25) is 0 Å². The van der Waals surface area contributed by atoms with Gasteiger partial charge in [-0.3, -0.25) is 4.90 Å². The molecule has 0 saturated carbocycles. The zero-order valence-corrected chi connectivity index (χ0v) is 11.0. The van der Waals surface area contributed by atoms with Crippen molar-refractivity contribution in [2.45, 2.75) is 13.0 Å². The lowest BCUT2D eigenvalue weighted by Crippen LogP contribution is -2.45. The van der Waals surface area contributed by atoms with Gasteiger partial charge in [0.1, 0.15) is 5.75 Å². The maximum Gasteiger partial charge on any atom is 0.119 e. The predicted octanol–water partition coefficient (Wildman–Crippen LogP) is 2.00. The third kappa shape index (κ3) is 2.99. The average Bonchev–Trinajstić information content (AvgIpc) is 2.39. The molecular formula is C14H22N2O. The molecule has 0 spiro atoms. The predicted molar refractivity (Wildman–Crippen MR) is 70.5 cm³/mol. The summed E-state index contributed by atoms with van der Waals surface area (Å²) in [6.07, 6.45) is 0. The van der Waals surface area contributed by atoms with Crippen LogP contribution in [0, 0.1) is 0 Å². The number of piperazine rings is 1. The van der Waals surface area contributed by atoms with Crippen molar-refractivity contribution in [3.63, 3.8) is 0 Å². The number of benzene rings is 1. The molecule has 17 heavy (non-hydrogen) atoms. The van der Waals surface area contributed by atoms with Crippen LogP contribution in [0.5, 0.6) is 5.75 Å². The fourth-order valence-electron chi connectivity index (χ4n) is 2.32. The second-order valence-electron chi connectivity index (χ2n) is 4.79. The van der Waals surface area contributed by atoms with E-state index in [-0.39, 0.29) is 0 Å². The second kappa shape index (κ2) is 5.52. The Morgan fingerprint density at radius 2 is 1.88 bits per heavy atom. The van der Waals surface area contributed by atoms with Crippen molar-refractivity contribution >= 4 is 0 Å². The molecule has 1 unspecified atom stereocenters. The van der Waals surface area contributed by atoms with Gasteiger partial charge < -0.3 is 9.64 Å². The van der Waals surface area contributed by atoms with E-state index >= 15 is 0 Å². The molecule has 1 atom stereocenters. The fraction of sp³-hybridized carbons (Fsp3) is 0.571. The Hall–Kier alpha value is -1.06. The fourth-order valence-corrected chi connectivity index (χ4v) is 2.32. The highest BCUT2D eigenvalue weighted by atomic mass is 16.5. The van der Waals surface area contributed by atoms with E-state index in [1.165, 1.54) is 5.56 Å². The third-order valence-electron chi connectivity index (χ3n) is 3.66. The molecule has 1 aliphatic rings. The van der Waals surface area contributed by atoms with Crippen molar-refractivity contribution in [1.29, 1.82) is 0 Å². The molecule has 1 fully saturated rings. The molecule has 2 rings (SSSR count). The van der Waals surface area contributed by atoms with Crippen LogP contribution in [0.15, 0.2) is 24.3 Å². The zero-order chi connectivity index (χ0) is 12.3. The second-order valence-corrected chi connectivity index (χ2v) is 4.79. The van der Waals surface area contributed by atoms with Crippen molar-refractivity contribution in [3.05, 3.63) is 29.8 Å². The van der Waals surface area contributed by atoms with E-state index in [2.05, 4.69) is 42.0 Å². The molecule has 1 aliphatic heterocycles. The van der Waals surface area contributed by atoms with E-state index in [1.807, 2.05) is 6.07 Å². The first kappa shape index (κ1) is 12.4. The van der Waals surface area contributed by atoms with Gasteiger partial charge in [0.25, 0.3) is 0 Å². The molecule has 1 saturated heterocycles. The lowest BCUT2D eigenvalue weighted by atomic mass is 10.1. The summed E-state index contributed by atoms with van der Waals surface area (Å²) < 4.78 is 5.28. The Labute approximate surface area is 104 Å². The normalized spacial score (nSPS) is 20.2. The van der Waals surface area contributed by atoms with E-state index < -0.39 is 0 Å². The summed E-state index contributed by atoms with van der Waals surface area (Å²) in [7, 11) is 3.91. The maximum absolute atomic E-state index is 5.28. The monoisotopic (exact) mass is 234 g/mol. The summed E-state index contributed by atoms with van der Waals surface area (Å²) in [5.74, 6) is 0.948. The van der Waals surface area contributed by atoms with E-state index in [1.54, 1.807) is 7.11 Å². The number of hydrogen-bond donors (Lipinski definition) is 0. The van der Waals surface area contributed by atoms with Gasteiger partial charge in [0.05, 0.1) is 7.11 Å². The van der Waals surface area contributed by atoms with Crippen LogP contribution >= 0.6 is 0 Å². The number of rotatable bonds is 3. The molecule has 1 aromatic rings. The first-order chi connectivity index (χ1) is 8.20. The molecule has 0 aromatic heterocycles. The third-order valence-corrected chi connectivity index (χ3v) is 3.66. The van der Waals surface area contributed by atoms with Gasteiger partial charge in [-0.15, -0.1) is 0 Å². The Bertz CT molecular complexity index is 359. The molecule has 0 bridgehead atoms. The summed E-state index contributed by atoms with van der Waals surface area (Å²) in [5.41, 5.74) is 1.34. The lowest BCUT2D eigenvalue weighted by molar-refractivity contribution is 0.119. The smallest absolute Gasteiger partial charge is 0.119 e. The number of methoxy groups -OCH3 is 1. The van der Waals surface area contributed by atoms with E-state index in [4.69, 9.17) is 4.74 Å². The van der Waals surface area contributed by atoms with Crippen LogP contribution < -0.4 is 4.74 Å². The van der Waals surface area contributed by atoms with Crippen molar-refractivity contribution in [2.75, 3.05) is 40.3 Å². The summed E-state index contributed by atoms with van der Waals surface area (Å²) >= 11 is 0. The summed E-state index contributed by atoms with van der Waals surface area (Å²) in [4.78, 5) is 4.92. The van der Waals surface area contributed by atoms with Gasteiger partial charge in [0, 0.05) is 32.2 Å².